The molecule has 1 unspecified atom stereocenters. The van der Waals surface area contributed by atoms with E-state index in [1.807, 2.05) is 23.1 Å². The van der Waals surface area contributed by atoms with Gasteiger partial charge < -0.3 is 4.90 Å². The van der Waals surface area contributed by atoms with Gasteiger partial charge in [-0.05, 0) is 6.92 Å². The Morgan fingerprint density at radius 1 is 1.26 bits per heavy atom. The van der Waals surface area contributed by atoms with E-state index in [2.05, 4.69) is 22.4 Å². The summed E-state index contributed by atoms with van der Waals surface area (Å²) < 4.78 is 0. The molecule has 1 aromatic heterocycles. The van der Waals surface area contributed by atoms with Crippen LogP contribution in [0.5, 0.6) is 0 Å². The van der Waals surface area contributed by atoms with Gasteiger partial charge in [0.15, 0.2) is 0 Å². The van der Waals surface area contributed by atoms with Crippen molar-refractivity contribution in [1.29, 1.82) is 0 Å². The number of thiazole rings is 1. The fourth-order valence-electron chi connectivity index (χ4n) is 2.69. The Balaban J connectivity index is 1.55. The summed E-state index contributed by atoms with van der Waals surface area (Å²) >= 11 is 7.57. The van der Waals surface area contributed by atoms with Gasteiger partial charge in [-0.25, -0.2) is 4.98 Å². The van der Waals surface area contributed by atoms with Gasteiger partial charge in [0.25, 0.3) is 0 Å². The van der Waals surface area contributed by atoms with Crippen molar-refractivity contribution < 1.29 is 4.79 Å². The Hall–Kier alpha value is -1.43. The van der Waals surface area contributed by atoms with E-state index in [4.69, 9.17) is 16.6 Å². The number of amides is 1. The topological polar surface area (TPSA) is 36.4 Å². The number of hydrogen-bond donors (Lipinski definition) is 0. The first-order valence-electron chi connectivity index (χ1n) is 7.78. The highest BCUT2D eigenvalue weighted by Crippen LogP contribution is 2.22. The number of aromatic nitrogens is 1. The zero-order valence-corrected chi connectivity index (χ0v) is 14.7. The lowest BCUT2D eigenvalue weighted by atomic mass is 10.2. The minimum absolute atomic E-state index is 0.0342. The van der Waals surface area contributed by atoms with Crippen molar-refractivity contribution in [3.8, 4) is 11.3 Å². The van der Waals surface area contributed by atoms with Crippen molar-refractivity contribution in [1.82, 2.24) is 14.8 Å². The van der Waals surface area contributed by atoms with E-state index in [0.29, 0.717) is 0 Å². The molecule has 1 atom stereocenters. The van der Waals surface area contributed by atoms with Crippen LogP contribution in [0.3, 0.4) is 0 Å². The summed E-state index contributed by atoms with van der Waals surface area (Å²) in [4.78, 5) is 20.8. The number of alkyl halides is 1. The second-order valence-electron chi connectivity index (χ2n) is 5.71. The molecule has 1 fully saturated rings. The van der Waals surface area contributed by atoms with Crippen LogP contribution in [0.15, 0.2) is 35.7 Å². The third-order valence-corrected chi connectivity index (χ3v) is 5.02. The molecule has 0 bridgehead atoms. The van der Waals surface area contributed by atoms with Gasteiger partial charge in [-0.1, -0.05) is 30.3 Å². The molecule has 0 N–H and O–H groups in total. The summed E-state index contributed by atoms with van der Waals surface area (Å²) in [5.74, 6) is 0.0342. The van der Waals surface area contributed by atoms with Gasteiger partial charge in [0, 0.05) is 37.1 Å². The summed E-state index contributed by atoms with van der Waals surface area (Å²) in [6.45, 7) is 5.80. The Bertz CT molecular complexity index is 651. The predicted octanol–water partition coefficient (Wildman–Crippen LogP) is 3.08. The third kappa shape index (κ3) is 4.10. The van der Waals surface area contributed by atoms with Gasteiger partial charge in [0.2, 0.25) is 5.91 Å². The Kier molecular flexibility index (Phi) is 5.30. The first-order valence-corrected chi connectivity index (χ1v) is 9.10. The highest BCUT2D eigenvalue weighted by molar-refractivity contribution is 7.09. The van der Waals surface area contributed by atoms with Gasteiger partial charge in [-0.15, -0.1) is 22.9 Å². The molecule has 0 saturated carbocycles. The highest BCUT2D eigenvalue weighted by Gasteiger charge is 2.24. The molecular weight excluding hydrogens is 330 g/mol. The summed E-state index contributed by atoms with van der Waals surface area (Å²) in [5, 5.41) is 2.79. The minimum Gasteiger partial charge on any atom is -0.339 e. The van der Waals surface area contributed by atoms with Gasteiger partial charge in [0.1, 0.15) is 10.4 Å². The quantitative estimate of drug-likeness (QED) is 0.796. The molecule has 0 radical (unpaired) electrons. The first-order chi connectivity index (χ1) is 11.1. The van der Waals surface area contributed by atoms with Crippen LogP contribution in [-0.4, -0.2) is 52.2 Å². The predicted molar refractivity (Wildman–Crippen MR) is 94.7 cm³/mol. The molecule has 1 saturated heterocycles. The van der Waals surface area contributed by atoms with Crippen molar-refractivity contribution >= 4 is 28.8 Å². The number of rotatable bonds is 4. The average Bonchev–Trinajstić information content (AvgIpc) is 3.04. The van der Waals surface area contributed by atoms with E-state index in [-0.39, 0.29) is 5.91 Å². The fraction of sp³-hybridized carbons (Fsp3) is 0.412. The third-order valence-electron chi connectivity index (χ3n) is 4.00. The Morgan fingerprint density at radius 2 is 1.96 bits per heavy atom. The number of piperazine rings is 1. The van der Waals surface area contributed by atoms with Crippen molar-refractivity contribution in [2.75, 3.05) is 26.2 Å². The van der Waals surface area contributed by atoms with E-state index in [9.17, 15) is 4.79 Å². The van der Waals surface area contributed by atoms with Crippen LogP contribution in [0.1, 0.15) is 11.9 Å². The maximum Gasteiger partial charge on any atom is 0.240 e. The smallest absolute Gasteiger partial charge is 0.240 e. The van der Waals surface area contributed by atoms with E-state index >= 15 is 0 Å². The molecule has 1 aromatic carbocycles. The Morgan fingerprint density at radius 3 is 2.61 bits per heavy atom. The maximum absolute atomic E-state index is 11.9. The first kappa shape index (κ1) is 16.4. The molecule has 0 spiro atoms. The number of carbonyl (C=O) groups excluding carboxylic acids is 1. The lowest BCUT2D eigenvalue weighted by molar-refractivity contribution is -0.132. The summed E-state index contributed by atoms with van der Waals surface area (Å²) in [5.41, 5.74) is 2.19. The van der Waals surface area contributed by atoms with Crippen molar-refractivity contribution in [3.63, 3.8) is 0 Å². The van der Waals surface area contributed by atoms with Gasteiger partial charge in [0.05, 0.1) is 12.2 Å². The molecule has 2 heterocycles. The number of nitrogens with zero attached hydrogens (tertiary/aromatic N) is 3. The van der Waals surface area contributed by atoms with Gasteiger partial charge >= 0.3 is 0 Å². The Labute approximate surface area is 145 Å². The number of halogens is 1. The normalized spacial score (nSPS) is 17.2. The van der Waals surface area contributed by atoms with Crippen LogP contribution in [0.4, 0.5) is 0 Å². The van der Waals surface area contributed by atoms with E-state index in [0.717, 1.165) is 49.0 Å². The summed E-state index contributed by atoms with van der Waals surface area (Å²) in [7, 11) is 0. The standard InChI is InChI=1S/C17H20ClN3OS/c1-13(18)17(22)21-9-7-20(8-10-21)11-16-19-15(12-23-16)14-5-3-2-4-6-14/h2-6,12-13H,7-11H2,1H3. The molecule has 1 aliphatic rings. The molecule has 122 valence electrons. The fourth-order valence-corrected chi connectivity index (χ4v) is 3.68. The van der Waals surface area contributed by atoms with Gasteiger partial charge in [-0.2, -0.15) is 0 Å². The van der Waals surface area contributed by atoms with Gasteiger partial charge in [-0.3, -0.25) is 9.69 Å². The van der Waals surface area contributed by atoms with E-state index < -0.39 is 5.38 Å². The minimum atomic E-state index is -0.436. The molecule has 4 nitrogen and oxygen atoms in total. The van der Waals surface area contributed by atoms with Crippen LogP contribution >= 0.6 is 22.9 Å². The second kappa shape index (κ2) is 7.43. The van der Waals surface area contributed by atoms with Crippen LogP contribution in [-0.2, 0) is 11.3 Å². The van der Waals surface area contributed by atoms with Crippen LogP contribution < -0.4 is 0 Å². The maximum atomic E-state index is 11.9. The largest absolute Gasteiger partial charge is 0.339 e. The van der Waals surface area contributed by atoms with Crippen molar-refractivity contribution in [2.45, 2.75) is 18.8 Å². The van der Waals surface area contributed by atoms with Crippen LogP contribution in [0, 0.1) is 0 Å². The number of benzene rings is 1. The zero-order valence-electron chi connectivity index (χ0n) is 13.1. The van der Waals surface area contributed by atoms with E-state index in [1.165, 1.54) is 0 Å². The van der Waals surface area contributed by atoms with Crippen LogP contribution in [0.25, 0.3) is 11.3 Å². The second-order valence-corrected chi connectivity index (χ2v) is 7.31. The molecule has 23 heavy (non-hydrogen) atoms. The molecule has 2 aromatic rings. The lowest BCUT2D eigenvalue weighted by Gasteiger charge is -2.34. The highest BCUT2D eigenvalue weighted by atomic mass is 35.5. The van der Waals surface area contributed by atoms with Crippen molar-refractivity contribution in [3.05, 3.63) is 40.7 Å². The molecule has 0 aliphatic carbocycles. The molecule has 1 aliphatic heterocycles. The van der Waals surface area contributed by atoms with Crippen molar-refractivity contribution in [2.24, 2.45) is 0 Å². The monoisotopic (exact) mass is 349 g/mol. The molecular formula is C17H20ClN3OS. The van der Waals surface area contributed by atoms with E-state index in [1.54, 1.807) is 18.3 Å². The van der Waals surface area contributed by atoms with Crippen LogP contribution in [0.2, 0.25) is 0 Å². The molecule has 3 rings (SSSR count). The number of carbonyl (C=O) groups is 1. The lowest BCUT2D eigenvalue weighted by Crippen LogP contribution is -2.49. The zero-order chi connectivity index (χ0) is 16.2. The summed E-state index contributed by atoms with van der Waals surface area (Å²) in [6, 6.07) is 10.2. The average molecular weight is 350 g/mol. The molecule has 1 amide bonds. The number of hydrogen-bond acceptors (Lipinski definition) is 4. The SMILES string of the molecule is CC(Cl)C(=O)N1CCN(Cc2nc(-c3ccccc3)cs2)CC1. The molecule has 6 heteroatoms. The summed E-state index contributed by atoms with van der Waals surface area (Å²) in [6.07, 6.45) is 0.